The normalized spacial score (nSPS) is 9.00. The topological polar surface area (TPSA) is 17.1 Å². The third kappa shape index (κ3) is 4.79. The van der Waals surface area contributed by atoms with Gasteiger partial charge in [-0.15, -0.1) is 6.58 Å². The number of hydrogen-bond acceptors (Lipinski definition) is 1. The summed E-state index contributed by atoms with van der Waals surface area (Å²) >= 11 is 0. The highest BCUT2D eigenvalue weighted by Crippen LogP contribution is 1.90. The average Bonchev–Trinajstić information content (AvgIpc) is 1.89. The largest absolute Gasteiger partial charge is 0.233 e. The van der Waals surface area contributed by atoms with E-state index >= 15 is 0 Å². The minimum atomic E-state index is 0.622. The van der Waals surface area contributed by atoms with E-state index < -0.39 is 0 Å². The third-order valence-electron chi connectivity index (χ3n) is 0.832. The van der Waals surface area contributed by atoms with Gasteiger partial charge in [-0.25, -0.2) is 4.79 Å². The van der Waals surface area contributed by atoms with E-state index in [9.17, 15) is 4.79 Å². The third-order valence-corrected chi connectivity index (χ3v) is 0.832. The zero-order valence-corrected chi connectivity index (χ0v) is 5.55. The highest BCUT2D eigenvalue weighted by molar-refractivity contribution is 5.55. The van der Waals surface area contributed by atoms with Gasteiger partial charge in [0.15, 0.2) is 0 Å². The summed E-state index contributed by atoms with van der Waals surface area (Å²) in [6.45, 7) is 5.24. The molecule has 0 heterocycles. The van der Waals surface area contributed by atoms with Gasteiger partial charge in [0.05, 0.1) is 0 Å². The predicted molar refractivity (Wildman–Crippen MR) is 38.8 cm³/mol. The van der Waals surface area contributed by atoms with Crippen LogP contribution in [0, 0.1) is 0 Å². The lowest BCUT2D eigenvalue weighted by Crippen LogP contribution is -1.66. The summed E-state index contributed by atoms with van der Waals surface area (Å²) in [5.74, 6) is 1.77. The van der Waals surface area contributed by atoms with E-state index in [0.717, 1.165) is 6.42 Å². The van der Waals surface area contributed by atoms with Crippen molar-refractivity contribution < 1.29 is 4.79 Å². The Hall–Kier alpha value is -1.07. The van der Waals surface area contributed by atoms with E-state index in [1.54, 1.807) is 25.0 Å². The quantitative estimate of drug-likeness (QED) is 0.317. The molecule has 0 N–H and O–H groups in total. The first-order valence-electron chi connectivity index (χ1n) is 2.80. The van der Waals surface area contributed by atoms with E-state index in [2.05, 4.69) is 6.58 Å². The molecule has 0 unspecified atom stereocenters. The summed E-state index contributed by atoms with van der Waals surface area (Å²) in [6, 6.07) is 0. The van der Waals surface area contributed by atoms with Gasteiger partial charge in [0.1, 0.15) is 5.94 Å². The first-order chi connectivity index (χ1) is 4.31. The van der Waals surface area contributed by atoms with Crippen LogP contribution >= 0.6 is 0 Å². The second-order valence-electron chi connectivity index (χ2n) is 1.71. The van der Waals surface area contributed by atoms with Gasteiger partial charge in [-0.1, -0.05) is 18.2 Å². The Labute approximate surface area is 55.4 Å². The molecule has 0 aliphatic carbocycles. The summed E-state index contributed by atoms with van der Waals surface area (Å²) < 4.78 is 0. The van der Waals surface area contributed by atoms with Crippen molar-refractivity contribution in [2.75, 3.05) is 0 Å². The molecule has 0 aliphatic heterocycles. The molecule has 0 bridgehead atoms. The summed E-state index contributed by atoms with van der Waals surface area (Å²) in [5.41, 5.74) is 0.622. The smallest absolute Gasteiger partial charge is 0.127 e. The van der Waals surface area contributed by atoms with Crippen molar-refractivity contribution in [2.24, 2.45) is 0 Å². The minimum Gasteiger partial charge on any atom is -0.233 e. The molecule has 0 aromatic rings. The van der Waals surface area contributed by atoms with Crippen molar-refractivity contribution in [3.8, 4) is 0 Å². The van der Waals surface area contributed by atoms with Crippen molar-refractivity contribution in [1.29, 1.82) is 0 Å². The zero-order chi connectivity index (χ0) is 7.11. The maximum atomic E-state index is 9.86. The summed E-state index contributed by atoms with van der Waals surface area (Å²) in [5, 5.41) is 0. The Morgan fingerprint density at radius 1 is 1.78 bits per heavy atom. The molecule has 1 heteroatoms. The second-order valence-corrected chi connectivity index (χ2v) is 1.71. The molecular weight excluding hydrogens is 112 g/mol. The van der Waals surface area contributed by atoms with E-state index in [-0.39, 0.29) is 0 Å². The number of rotatable bonds is 3. The molecule has 0 aliphatic rings. The molecule has 0 amide bonds. The first-order valence-corrected chi connectivity index (χ1v) is 2.80. The van der Waals surface area contributed by atoms with Crippen molar-refractivity contribution in [3.63, 3.8) is 0 Å². The fraction of sp³-hybridized carbons (Fsp3) is 0.250. The van der Waals surface area contributed by atoms with Crippen LogP contribution in [0.3, 0.4) is 0 Å². The van der Waals surface area contributed by atoms with Crippen molar-refractivity contribution in [2.45, 2.75) is 13.3 Å². The van der Waals surface area contributed by atoms with Gasteiger partial charge in [0.2, 0.25) is 0 Å². The maximum Gasteiger partial charge on any atom is 0.127 e. The fourth-order valence-electron chi connectivity index (χ4n) is 0.375. The Kier molecular flexibility index (Phi) is 4.47. The summed E-state index contributed by atoms with van der Waals surface area (Å²) in [6.07, 6.45) is 6.18. The molecule has 0 saturated heterocycles. The van der Waals surface area contributed by atoms with Crippen molar-refractivity contribution >= 4 is 5.94 Å². The Morgan fingerprint density at radius 3 is 2.89 bits per heavy atom. The fourth-order valence-corrected chi connectivity index (χ4v) is 0.375. The van der Waals surface area contributed by atoms with Gasteiger partial charge >= 0.3 is 0 Å². The summed E-state index contributed by atoms with van der Waals surface area (Å²) in [7, 11) is 0. The van der Waals surface area contributed by atoms with Crippen molar-refractivity contribution in [3.05, 3.63) is 30.4 Å². The van der Waals surface area contributed by atoms with Crippen LogP contribution in [0.25, 0.3) is 0 Å². The molecule has 0 aromatic heterocycles. The van der Waals surface area contributed by atoms with Gasteiger partial charge < -0.3 is 0 Å². The van der Waals surface area contributed by atoms with Crippen LogP contribution in [0.15, 0.2) is 30.4 Å². The highest BCUT2D eigenvalue weighted by atomic mass is 16.1. The standard InChI is InChI=1S/C8H10O/c1-3-4-5-6-8(2)7-9/h3,5-6H,1,4H2,2H3/b6-5-. The number of carbonyl (C=O) groups excluding carboxylic acids is 1. The molecular formula is C8H10O. The molecule has 0 radical (unpaired) electrons. The van der Waals surface area contributed by atoms with Crippen molar-refractivity contribution in [1.82, 2.24) is 0 Å². The molecule has 0 atom stereocenters. The highest BCUT2D eigenvalue weighted by Gasteiger charge is 1.75. The van der Waals surface area contributed by atoms with Gasteiger partial charge in [-0.3, -0.25) is 0 Å². The maximum absolute atomic E-state index is 9.86. The molecule has 0 fully saturated rings. The van der Waals surface area contributed by atoms with Crippen LogP contribution in [-0.2, 0) is 4.79 Å². The lowest BCUT2D eigenvalue weighted by atomic mass is 10.3. The van der Waals surface area contributed by atoms with Crippen LogP contribution in [-0.4, -0.2) is 5.94 Å². The number of hydrogen-bond donors (Lipinski definition) is 0. The van der Waals surface area contributed by atoms with Gasteiger partial charge in [0.25, 0.3) is 0 Å². The lowest BCUT2D eigenvalue weighted by Gasteiger charge is -1.78. The van der Waals surface area contributed by atoms with Crippen LogP contribution < -0.4 is 0 Å². The first kappa shape index (κ1) is 7.93. The lowest BCUT2D eigenvalue weighted by molar-refractivity contribution is 0.567. The minimum absolute atomic E-state index is 0.622. The zero-order valence-electron chi connectivity index (χ0n) is 5.55. The Balaban J connectivity index is 3.70. The Bertz CT molecular complexity index is 159. The molecule has 1 nitrogen and oxygen atoms in total. The summed E-state index contributed by atoms with van der Waals surface area (Å²) in [4.78, 5) is 9.86. The van der Waals surface area contributed by atoms with Crippen LogP contribution in [0.2, 0.25) is 0 Å². The molecule has 0 spiro atoms. The SMILES string of the molecule is C=CC/C=C\C(C)=C=O. The van der Waals surface area contributed by atoms with Gasteiger partial charge in [-0.2, -0.15) is 0 Å². The molecule has 48 valence electrons. The van der Waals surface area contributed by atoms with E-state index in [0.29, 0.717) is 5.57 Å². The second kappa shape index (κ2) is 5.07. The molecule has 0 rings (SSSR count). The monoisotopic (exact) mass is 122 g/mol. The van der Waals surface area contributed by atoms with Crippen LogP contribution in [0.4, 0.5) is 0 Å². The van der Waals surface area contributed by atoms with Gasteiger partial charge in [0, 0.05) is 5.57 Å². The van der Waals surface area contributed by atoms with Crippen LogP contribution in [0.5, 0.6) is 0 Å². The van der Waals surface area contributed by atoms with E-state index in [1.807, 2.05) is 6.08 Å². The van der Waals surface area contributed by atoms with Gasteiger partial charge in [-0.05, 0) is 13.3 Å². The number of allylic oxidation sites excluding steroid dienone is 4. The molecule has 9 heavy (non-hydrogen) atoms. The molecule has 0 saturated carbocycles. The van der Waals surface area contributed by atoms with E-state index in [4.69, 9.17) is 0 Å². The predicted octanol–water partition coefficient (Wildman–Crippen LogP) is 1.90. The average molecular weight is 122 g/mol. The van der Waals surface area contributed by atoms with Crippen LogP contribution in [0.1, 0.15) is 13.3 Å². The molecule has 0 aromatic carbocycles. The Morgan fingerprint density at radius 2 is 2.44 bits per heavy atom. The van der Waals surface area contributed by atoms with E-state index in [1.165, 1.54) is 0 Å².